The van der Waals surface area contributed by atoms with Crippen molar-refractivity contribution in [3.05, 3.63) is 37.0 Å². The van der Waals surface area contributed by atoms with Crippen molar-refractivity contribution in [2.45, 2.75) is 12.5 Å². The summed E-state index contributed by atoms with van der Waals surface area (Å²) in [6.45, 7) is 3.57. The summed E-state index contributed by atoms with van der Waals surface area (Å²) in [5.74, 6) is 0. The fourth-order valence-electron chi connectivity index (χ4n) is 0.721. The van der Waals surface area contributed by atoms with Crippen LogP contribution in [0.25, 0.3) is 0 Å². The Morgan fingerprint density at radius 3 is 2.90 bits per heavy atom. The molecule has 0 bridgehead atoms. The monoisotopic (exact) mass is 136 g/mol. The molecule has 10 heavy (non-hydrogen) atoms. The summed E-state index contributed by atoms with van der Waals surface area (Å²) in [6.07, 6.45) is 1.62. The maximum Gasteiger partial charge on any atom is 0.0959 e. The molecule has 0 saturated heterocycles. The number of nitrogens with zero attached hydrogens (tertiary/aromatic N) is 1. The van der Waals surface area contributed by atoms with E-state index in [1.54, 1.807) is 12.3 Å². The lowest BCUT2D eigenvalue weighted by Gasteiger charge is -2.04. The first-order valence-electron chi connectivity index (χ1n) is 3.23. The van der Waals surface area contributed by atoms with Crippen LogP contribution in [0.2, 0.25) is 0 Å². The third-order valence-corrected chi connectivity index (χ3v) is 1.30. The van der Waals surface area contributed by atoms with E-state index in [0.717, 1.165) is 0 Å². The molecule has 0 aromatic carbocycles. The van der Waals surface area contributed by atoms with Gasteiger partial charge in [0.1, 0.15) is 0 Å². The van der Waals surface area contributed by atoms with Crippen LogP contribution < -0.4 is 0 Å². The minimum atomic E-state index is -0.513. The highest BCUT2D eigenvalue weighted by Crippen LogP contribution is 2.10. The first-order chi connectivity index (χ1) is 4.84. The summed E-state index contributed by atoms with van der Waals surface area (Å²) in [4.78, 5) is 3.96. The smallest absolute Gasteiger partial charge is 0.0959 e. The van der Waals surface area contributed by atoms with Crippen LogP contribution >= 0.6 is 0 Å². The highest BCUT2D eigenvalue weighted by molar-refractivity contribution is 5.06. The van der Waals surface area contributed by atoms with E-state index in [9.17, 15) is 5.11 Å². The van der Waals surface area contributed by atoms with Gasteiger partial charge >= 0.3 is 0 Å². The molecule has 0 spiro atoms. The molecule has 0 aliphatic carbocycles. The molecule has 1 radical (unpaired) electrons. The van der Waals surface area contributed by atoms with Gasteiger partial charge in [0.05, 0.1) is 11.8 Å². The number of pyridine rings is 1. The maximum atomic E-state index is 9.20. The highest BCUT2D eigenvalue weighted by atomic mass is 16.3. The molecule has 1 N–H and O–H groups in total. The Labute approximate surface area is 60.5 Å². The van der Waals surface area contributed by atoms with Gasteiger partial charge in [0.15, 0.2) is 0 Å². The van der Waals surface area contributed by atoms with Crippen LogP contribution in [0.15, 0.2) is 24.4 Å². The number of hydrogen-bond donors (Lipinski definition) is 1. The fraction of sp³-hybridized carbons (Fsp3) is 0.250. The standard InChI is InChI=1S/C8H10NO/c1-2-8(10)7-5-3-4-6-9-7/h3-6,8,10H,1-2H2. The van der Waals surface area contributed by atoms with E-state index in [4.69, 9.17) is 0 Å². The fourth-order valence-corrected chi connectivity index (χ4v) is 0.721. The molecule has 1 atom stereocenters. The van der Waals surface area contributed by atoms with Crippen molar-refractivity contribution in [1.29, 1.82) is 0 Å². The van der Waals surface area contributed by atoms with E-state index in [1.165, 1.54) is 0 Å². The van der Waals surface area contributed by atoms with E-state index in [0.29, 0.717) is 12.1 Å². The Kier molecular flexibility index (Phi) is 2.40. The second-order valence-corrected chi connectivity index (χ2v) is 2.06. The summed E-state index contributed by atoms with van der Waals surface area (Å²) >= 11 is 0. The Morgan fingerprint density at radius 1 is 1.60 bits per heavy atom. The van der Waals surface area contributed by atoms with Crippen LogP contribution in [0.5, 0.6) is 0 Å². The highest BCUT2D eigenvalue weighted by Gasteiger charge is 2.02. The topological polar surface area (TPSA) is 33.1 Å². The molecule has 53 valence electrons. The summed E-state index contributed by atoms with van der Waals surface area (Å²) in [5, 5.41) is 9.20. The van der Waals surface area contributed by atoms with Crippen molar-refractivity contribution < 1.29 is 5.11 Å². The Morgan fingerprint density at radius 2 is 2.40 bits per heavy atom. The number of aliphatic hydroxyl groups excluding tert-OH is 1. The Hall–Kier alpha value is -0.890. The van der Waals surface area contributed by atoms with E-state index in [2.05, 4.69) is 11.9 Å². The van der Waals surface area contributed by atoms with Gasteiger partial charge in [-0.05, 0) is 18.6 Å². The van der Waals surface area contributed by atoms with Crippen LogP contribution in [0.4, 0.5) is 0 Å². The van der Waals surface area contributed by atoms with Crippen LogP contribution in [0, 0.1) is 6.92 Å². The SMILES string of the molecule is [CH2]CC(O)c1ccccn1. The van der Waals surface area contributed by atoms with Crippen molar-refractivity contribution in [2.24, 2.45) is 0 Å². The van der Waals surface area contributed by atoms with Crippen LogP contribution in [-0.4, -0.2) is 10.1 Å². The number of rotatable bonds is 2. The van der Waals surface area contributed by atoms with Gasteiger partial charge in [-0.15, -0.1) is 0 Å². The summed E-state index contributed by atoms with van der Waals surface area (Å²) < 4.78 is 0. The molecule has 0 fully saturated rings. The molecule has 1 aromatic heterocycles. The zero-order valence-corrected chi connectivity index (χ0v) is 5.70. The second-order valence-electron chi connectivity index (χ2n) is 2.06. The number of aliphatic hydroxyl groups is 1. The van der Waals surface area contributed by atoms with E-state index in [1.807, 2.05) is 12.1 Å². The average Bonchev–Trinajstić information content (AvgIpc) is 2.05. The first kappa shape index (κ1) is 7.22. The quantitative estimate of drug-likeness (QED) is 0.665. The normalized spacial score (nSPS) is 13.0. The molecule has 0 saturated carbocycles. The lowest BCUT2D eigenvalue weighted by Crippen LogP contribution is -1.96. The van der Waals surface area contributed by atoms with Crippen molar-refractivity contribution in [3.8, 4) is 0 Å². The van der Waals surface area contributed by atoms with Crippen molar-refractivity contribution in [2.75, 3.05) is 0 Å². The molecule has 1 unspecified atom stereocenters. The average molecular weight is 136 g/mol. The van der Waals surface area contributed by atoms with Gasteiger partial charge < -0.3 is 5.11 Å². The van der Waals surface area contributed by atoms with Crippen molar-refractivity contribution >= 4 is 0 Å². The second kappa shape index (κ2) is 3.32. The molecular weight excluding hydrogens is 126 g/mol. The maximum absolute atomic E-state index is 9.20. The van der Waals surface area contributed by atoms with E-state index in [-0.39, 0.29) is 0 Å². The first-order valence-corrected chi connectivity index (χ1v) is 3.23. The number of hydrogen-bond acceptors (Lipinski definition) is 2. The largest absolute Gasteiger partial charge is 0.387 e. The Bertz CT molecular complexity index is 186. The van der Waals surface area contributed by atoms with Gasteiger partial charge in [-0.25, -0.2) is 0 Å². The predicted octanol–water partition coefficient (Wildman–Crippen LogP) is 1.34. The summed E-state index contributed by atoms with van der Waals surface area (Å²) in [6, 6.07) is 5.45. The molecular formula is C8H10NO. The van der Waals surface area contributed by atoms with Crippen LogP contribution in [0.3, 0.4) is 0 Å². The lowest BCUT2D eigenvalue weighted by atomic mass is 10.2. The number of aromatic nitrogens is 1. The molecule has 0 aliphatic rings. The van der Waals surface area contributed by atoms with Gasteiger partial charge in [0, 0.05) is 6.20 Å². The van der Waals surface area contributed by atoms with Crippen LogP contribution in [0.1, 0.15) is 18.2 Å². The van der Waals surface area contributed by atoms with E-state index < -0.39 is 6.10 Å². The van der Waals surface area contributed by atoms with Crippen LogP contribution in [-0.2, 0) is 0 Å². The Balaban J connectivity index is 2.75. The third kappa shape index (κ3) is 1.54. The lowest BCUT2D eigenvalue weighted by molar-refractivity contribution is 0.176. The van der Waals surface area contributed by atoms with Crippen molar-refractivity contribution in [3.63, 3.8) is 0 Å². The molecule has 0 amide bonds. The van der Waals surface area contributed by atoms with Gasteiger partial charge in [-0.1, -0.05) is 13.0 Å². The van der Waals surface area contributed by atoms with Gasteiger partial charge in [0.25, 0.3) is 0 Å². The molecule has 2 nitrogen and oxygen atoms in total. The van der Waals surface area contributed by atoms with Gasteiger partial charge in [0.2, 0.25) is 0 Å². The third-order valence-electron chi connectivity index (χ3n) is 1.30. The minimum absolute atomic E-state index is 0.469. The van der Waals surface area contributed by atoms with Gasteiger partial charge in [-0.2, -0.15) is 0 Å². The zero-order valence-electron chi connectivity index (χ0n) is 5.70. The molecule has 0 aliphatic heterocycles. The minimum Gasteiger partial charge on any atom is -0.387 e. The van der Waals surface area contributed by atoms with Gasteiger partial charge in [-0.3, -0.25) is 4.98 Å². The molecule has 1 heterocycles. The molecule has 1 rings (SSSR count). The predicted molar refractivity (Wildman–Crippen MR) is 39.2 cm³/mol. The zero-order chi connectivity index (χ0) is 7.40. The summed E-state index contributed by atoms with van der Waals surface area (Å²) in [7, 11) is 0. The molecule has 1 aromatic rings. The summed E-state index contributed by atoms with van der Waals surface area (Å²) in [5.41, 5.74) is 0.692. The molecule has 2 heteroatoms. The van der Waals surface area contributed by atoms with Crippen molar-refractivity contribution in [1.82, 2.24) is 4.98 Å². The van der Waals surface area contributed by atoms with E-state index >= 15 is 0 Å².